The summed E-state index contributed by atoms with van der Waals surface area (Å²) in [4.78, 5) is 0. The third-order valence-corrected chi connectivity index (χ3v) is 4.40. The molecule has 0 bridgehead atoms. The molecule has 0 fully saturated rings. The second-order valence-electron chi connectivity index (χ2n) is 5.95. The summed E-state index contributed by atoms with van der Waals surface area (Å²) < 4.78 is 2.18. The second kappa shape index (κ2) is 12.4. The molecular weight excluding hydrogens is 355 g/mol. The van der Waals surface area contributed by atoms with Gasteiger partial charge < -0.3 is 0 Å². The van der Waals surface area contributed by atoms with Gasteiger partial charge in [-0.3, -0.25) is 0 Å². The number of hydrogen-bond acceptors (Lipinski definition) is 0. The summed E-state index contributed by atoms with van der Waals surface area (Å²) in [6, 6.07) is 0. The van der Waals surface area contributed by atoms with Crippen molar-refractivity contribution in [3.8, 4) is 0 Å². The van der Waals surface area contributed by atoms with Crippen LogP contribution in [0.4, 0.5) is 0 Å². The van der Waals surface area contributed by atoms with Gasteiger partial charge in [0.15, 0.2) is 0 Å². The molecule has 0 heterocycles. The smallest absolute Gasteiger partial charge is 0.0244 e. The Morgan fingerprint density at radius 2 is 1.05 bits per heavy atom. The quantitative estimate of drug-likeness (QED) is 0.284. The lowest BCUT2D eigenvalue weighted by atomic mass is 10.0. The Morgan fingerprint density at radius 3 is 1.45 bits per heavy atom. The van der Waals surface area contributed by atoms with Crippen LogP contribution < -0.4 is 0 Å². The second-order valence-corrected chi connectivity index (χ2v) is 6.58. The molecule has 0 unspecified atom stereocenters. The molecule has 0 N–H and O–H groups in total. The highest BCUT2D eigenvalue weighted by atomic mass is 127. The summed E-state index contributed by atoms with van der Waals surface area (Å²) in [5, 5.41) is 0. The van der Waals surface area contributed by atoms with Gasteiger partial charge in [-0.2, -0.15) is 0 Å². The van der Waals surface area contributed by atoms with Crippen LogP contribution in [0.2, 0.25) is 0 Å². The van der Waals surface area contributed by atoms with Crippen molar-refractivity contribution in [3.05, 3.63) is 44.6 Å². The summed E-state index contributed by atoms with van der Waals surface area (Å²) in [7, 11) is 0. The SMILES string of the molecule is CC(C)=CCC/C(C)=C/CC/C(C)=C/CC/C(C)=C/I. The first-order valence-electron chi connectivity index (χ1n) is 7.66. The van der Waals surface area contributed by atoms with E-state index in [0.717, 1.165) is 0 Å². The van der Waals surface area contributed by atoms with Crippen LogP contribution in [-0.4, -0.2) is 0 Å². The Labute approximate surface area is 140 Å². The molecule has 0 radical (unpaired) electrons. The Balaban J connectivity index is 3.91. The zero-order valence-corrected chi connectivity index (χ0v) is 16.1. The summed E-state index contributed by atoms with van der Waals surface area (Å²) in [5.41, 5.74) is 5.95. The van der Waals surface area contributed by atoms with E-state index in [1.54, 1.807) is 0 Å². The van der Waals surface area contributed by atoms with Crippen LogP contribution in [0.5, 0.6) is 0 Å². The molecule has 0 aromatic heterocycles. The molecule has 20 heavy (non-hydrogen) atoms. The third-order valence-electron chi connectivity index (χ3n) is 3.34. The van der Waals surface area contributed by atoms with E-state index in [1.165, 1.54) is 60.8 Å². The van der Waals surface area contributed by atoms with Gasteiger partial charge in [-0.15, -0.1) is 0 Å². The Bertz CT molecular complexity index is 377. The van der Waals surface area contributed by atoms with Gasteiger partial charge in [0.05, 0.1) is 0 Å². The maximum Gasteiger partial charge on any atom is -0.0244 e. The number of rotatable bonds is 9. The average Bonchev–Trinajstić information content (AvgIpc) is 2.38. The van der Waals surface area contributed by atoms with E-state index in [-0.39, 0.29) is 0 Å². The zero-order chi connectivity index (χ0) is 15.4. The lowest BCUT2D eigenvalue weighted by Crippen LogP contribution is -1.81. The standard InChI is InChI=1S/C19H31I/c1-16(2)9-6-10-17(3)11-7-12-18(4)13-8-14-19(5)15-20/h9,11,13,15H,6-8,10,12,14H2,1-5H3/b17-11+,18-13+,19-15+. The fraction of sp³-hybridized carbons (Fsp3) is 0.579. The summed E-state index contributed by atoms with van der Waals surface area (Å²) >= 11 is 2.32. The van der Waals surface area contributed by atoms with Gasteiger partial charge >= 0.3 is 0 Å². The molecule has 0 aromatic carbocycles. The van der Waals surface area contributed by atoms with Crippen molar-refractivity contribution >= 4 is 22.6 Å². The highest BCUT2D eigenvalue weighted by molar-refractivity contribution is 14.1. The average molecular weight is 386 g/mol. The molecule has 0 amide bonds. The molecule has 0 saturated carbocycles. The van der Waals surface area contributed by atoms with E-state index >= 15 is 0 Å². The molecule has 0 nitrogen and oxygen atoms in total. The van der Waals surface area contributed by atoms with Crippen LogP contribution in [-0.2, 0) is 0 Å². The first-order chi connectivity index (χ1) is 9.45. The van der Waals surface area contributed by atoms with Crippen LogP contribution >= 0.6 is 22.6 Å². The summed E-state index contributed by atoms with van der Waals surface area (Å²) in [6.45, 7) is 11.1. The van der Waals surface area contributed by atoms with Gasteiger partial charge in [-0.1, -0.05) is 63.1 Å². The topological polar surface area (TPSA) is 0 Å². The van der Waals surface area contributed by atoms with Crippen LogP contribution in [0.3, 0.4) is 0 Å². The van der Waals surface area contributed by atoms with Crippen molar-refractivity contribution in [1.29, 1.82) is 0 Å². The van der Waals surface area contributed by atoms with Gasteiger partial charge in [-0.25, -0.2) is 0 Å². The maximum atomic E-state index is 2.41. The minimum Gasteiger partial charge on any atom is -0.0856 e. The monoisotopic (exact) mass is 386 g/mol. The van der Waals surface area contributed by atoms with E-state index in [9.17, 15) is 0 Å². The van der Waals surface area contributed by atoms with E-state index in [2.05, 4.69) is 79.5 Å². The first kappa shape index (κ1) is 19.7. The van der Waals surface area contributed by atoms with E-state index < -0.39 is 0 Å². The predicted molar refractivity (Wildman–Crippen MR) is 102 cm³/mol. The maximum absolute atomic E-state index is 2.41. The van der Waals surface area contributed by atoms with Crippen molar-refractivity contribution in [2.75, 3.05) is 0 Å². The van der Waals surface area contributed by atoms with Crippen LogP contribution in [0.15, 0.2) is 44.6 Å². The van der Waals surface area contributed by atoms with Gasteiger partial charge in [0.25, 0.3) is 0 Å². The first-order valence-corrected chi connectivity index (χ1v) is 8.90. The molecule has 0 saturated heterocycles. The Kier molecular flexibility index (Phi) is 12.2. The zero-order valence-electron chi connectivity index (χ0n) is 13.9. The summed E-state index contributed by atoms with van der Waals surface area (Å²) in [5.74, 6) is 0. The normalized spacial score (nSPS) is 13.6. The van der Waals surface area contributed by atoms with Crippen molar-refractivity contribution in [2.45, 2.75) is 73.1 Å². The van der Waals surface area contributed by atoms with Crippen molar-refractivity contribution in [2.24, 2.45) is 0 Å². The highest BCUT2D eigenvalue weighted by Gasteiger charge is 1.93. The van der Waals surface area contributed by atoms with Gasteiger partial charge in [0.1, 0.15) is 0 Å². The molecule has 0 aromatic rings. The van der Waals surface area contributed by atoms with Gasteiger partial charge in [-0.05, 0) is 77.2 Å². The molecule has 0 atom stereocenters. The van der Waals surface area contributed by atoms with Crippen molar-refractivity contribution in [3.63, 3.8) is 0 Å². The van der Waals surface area contributed by atoms with Crippen molar-refractivity contribution in [1.82, 2.24) is 0 Å². The largest absolute Gasteiger partial charge is 0.0856 e. The molecular formula is C19H31I. The molecule has 0 aliphatic heterocycles. The minimum atomic E-state index is 1.18. The van der Waals surface area contributed by atoms with E-state index in [0.29, 0.717) is 0 Å². The number of halogens is 1. The van der Waals surface area contributed by atoms with Crippen molar-refractivity contribution < 1.29 is 0 Å². The third kappa shape index (κ3) is 12.7. The van der Waals surface area contributed by atoms with Crippen LogP contribution in [0.1, 0.15) is 73.1 Å². The van der Waals surface area contributed by atoms with E-state index in [4.69, 9.17) is 0 Å². The molecule has 0 rings (SSSR count). The Morgan fingerprint density at radius 1 is 0.650 bits per heavy atom. The molecule has 0 aliphatic carbocycles. The van der Waals surface area contributed by atoms with Gasteiger partial charge in [0.2, 0.25) is 0 Å². The fourth-order valence-electron chi connectivity index (χ4n) is 1.94. The highest BCUT2D eigenvalue weighted by Crippen LogP contribution is 2.13. The fourth-order valence-corrected chi connectivity index (χ4v) is 2.25. The molecule has 0 spiro atoms. The van der Waals surface area contributed by atoms with Gasteiger partial charge in [0, 0.05) is 0 Å². The minimum absolute atomic E-state index is 1.18. The molecule has 114 valence electrons. The van der Waals surface area contributed by atoms with Crippen LogP contribution in [0, 0.1) is 0 Å². The lowest BCUT2D eigenvalue weighted by molar-refractivity contribution is 0.901. The molecule has 0 aliphatic rings. The van der Waals surface area contributed by atoms with Crippen LogP contribution in [0.25, 0.3) is 0 Å². The number of allylic oxidation sites excluding steroid dienone is 7. The summed E-state index contributed by atoms with van der Waals surface area (Å²) in [6.07, 6.45) is 14.3. The Hall–Kier alpha value is -0.310. The molecule has 1 heteroatoms. The predicted octanol–water partition coefficient (Wildman–Crippen LogP) is 7.52. The lowest BCUT2D eigenvalue weighted by Gasteiger charge is -2.02. The number of hydrogen-bond donors (Lipinski definition) is 0. The van der Waals surface area contributed by atoms with E-state index in [1.807, 2.05) is 0 Å².